The molecule has 3 unspecified atom stereocenters. The van der Waals surface area contributed by atoms with Crippen molar-refractivity contribution in [3.8, 4) is 11.5 Å². The summed E-state index contributed by atoms with van der Waals surface area (Å²) in [5.74, 6) is 0.812. The first-order chi connectivity index (χ1) is 9.33. The molecule has 2 saturated heterocycles. The number of aromatic amines is 1. The second-order valence-corrected chi connectivity index (χ2v) is 5.50. The highest BCUT2D eigenvalue weighted by Crippen LogP contribution is 2.42. The highest BCUT2D eigenvalue weighted by Gasteiger charge is 2.43. The summed E-state index contributed by atoms with van der Waals surface area (Å²) in [7, 11) is 0. The Morgan fingerprint density at radius 3 is 3.00 bits per heavy atom. The average molecular weight is 274 g/mol. The summed E-state index contributed by atoms with van der Waals surface area (Å²) in [4.78, 5) is 4.37. The minimum atomic E-state index is 0.275. The number of nitrogens with zero attached hydrogens (tertiary/aromatic N) is 3. The van der Waals surface area contributed by atoms with Crippen molar-refractivity contribution in [2.75, 3.05) is 0 Å². The third-order valence-electron chi connectivity index (χ3n) is 4.00. The lowest BCUT2D eigenvalue weighted by molar-refractivity contribution is 0.0938. The third-order valence-corrected chi connectivity index (χ3v) is 4.29. The minimum absolute atomic E-state index is 0.275. The molecule has 0 saturated carbocycles. The second kappa shape index (κ2) is 4.25. The SMILES string of the molecule is S=c1[nH]nc(-c2ccccn2)n1C1CC2CCC1O2. The van der Waals surface area contributed by atoms with E-state index in [1.165, 1.54) is 6.42 Å². The molecule has 0 aromatic carbocycles. The molecule has 2 aliphatic rings. The first-order valence-electron chi connectivity index (χ1n) is 6.56. The molecule has 2 aromatic rings. The van der Waals surface area contributed by atoms with Gasteiger partial charge in [0.05, 0.1) is 18.2 Å². The number of hydrogen-bond acceptors (Lipinski definition) is 4. The van der Waals surface area contributed by atoms with Gasteiger partial charge in [0.15, 0.2) is 10.6 Å². The van der Waals surface area contributed by atoms with Crippen molar-refractivity contribution in [1.82, 2.24) is 19.7 Å². The van der Waals surface area contributed by atoms with Crippen LogP contribution in [0.2, 0.25) is 0 Å². The maximum Gasteiger partial charge on any atom is 0.195 e. The predicted molar refractivity (Wildman–Crippen MR) is 72.2 cm³/mol. The Morgan fingerprint density at radius 1 is 1.37 bits per heavy atom. The van der Waals surface area contributed by atoms with Crippen molar-refractivity contribution in [3.05, 3.63) is 29.2 Å². The van der Waals surface area contributed by atoms with Gasteiger partial charge in [0.1, 0.15) is 5.69 Å². The standard InChI is InChI=1S/C13H14N4OS/c19-13-16-15-12(9-3-1-2-6-14-9)17(13)10-7-8-4-5-11(10)18-8/h1-3,6,8,10-11H,4-5,7H2,(H,16,19). The lowest BCUT2D eigenvalue weighted by atomic mass is 9.95. The lowest BCUT2D eigenvalue weighted by Gasteiger charge is -2.21. The third kappa shape index (κ3) is 1.74. The maximum atomic E-state index is 5.93. The fourth-order valence-electron chi connectivity index (χ4n) is 3.17. The van der Waals surface area contributed by atoms with Gasteiger partial charge in [-0.05, 0) is 43.6 Å². The normalized spacial score (nSPS) is 28.9. The molecule has 5 nitrogen and oxygen atoms in total. The van der Waals surface area contributed by atoms with E-state index < -0.39 is 0 Å². The molecule has 0 amide bonds. The Balaban J connectivity index is 1.80. The molecule has 6 heteroatoms. The molecule has 0 radical (unpaired) electrons. The molecular weight excluding hydrogens is 260 g/mol. The summed E-state index contributed by atoms with van der Waals surface area (Å²) >= 11 is 5.39. The van der Waals surface area contributed by atoms with E-state index in [9.17, 15) is 0 Å². The zero-order chi connectivity index (χ0) is 12.8. The highest BCUT2D eigenvalue weighted by molar-refractivity contribution is 7.71. The van der Waals surface area contributed by atoms with Crippen molar-refractivity contribution in [1.29, 1.82) is 0 Å². The smallest absolute Gasteiger partial charge is 0.195 e. The molecule has 4 heterocycles. The number of fused-ring (bicyclic) bond motifs is 2. The first-order valence-corrected chi connectivity index (χ1v) is 6.97. The number of pyridine rings is 1. The summed E-state index contributed by atoms with van der Waals surface area (Å²) in [6.07, 6.45) is 5.75. The van der Waals surface area contributed by atoms with Gasteiger partial charge in [0, 0.05) is 6.20 Å². The van der Waals surface area contributed by atoms with E-state index in [1.807, 2.05) is 18.2 Å². The Labute approximate surface area is 115 Å². The fourth-order valence-corrected chi connectivity index (χ4v) is 3.44. The van der Waals surface area contributed by atoms with Gasteiger partial charge in [-0.25, -0.2) is 0 Å². The van der Waals surface area contributed by atoms with Gasteiger partial charge in [-0.15, -0.1) is 0 Å². The number of nitrogens with one attached hydrogen (secondary N) is 1. The molecular formula is C13H14N4OS. The second-order valence-electron chi connectivity index (χ2n) is 5.11. The van der Waals surface area contributed by atoms with Crippen LogP contribution in [0.15, 0.2) is 24.4 Å². The van der Waals surface area contributed by atoms with Gasteiger partial charge < -0.3 is 4.74 Å². The van der Waals surface area contributed by atoms with Crippen LogP contribution < -0.4 is 0 Å². The van der Waals surface area contributed by atoms with Crippen molar-refractivity contribution in [2.45, 2.75) is 37.5 Å². The monoisotopic (exact) mass is 274 g/mol. The Hall–Kier alpha value is -1.53. The van der Waals surface area contributed by atoms with Crippen LogP contribution in [0.5, 0.6) is 0 Å². The van der Waals surface area contributed by atoms with E-state index in [1.54, 1.807) is 6.20 Å². The van der Waals surface area contributed by atoms with E-state index in [0.29, 0.717) is 16.9 Å². The summed E-state index contributed by atoms with van der Waals surface area (Å²) in [6.45, 7) is 0. The molecule has 4 rings (SSSR count). The van der Waals surface area contributed by atoms with Gasteiger partial charge in [-0.1, -0.05) is 6.07 Å². The van der Waals surface area contributed by atoms with Gasteiger partial charge >= 0.3 is 0 Å². The molecule has 2 aliphatic heterocycles. The van der Waals surface area contributed by atoms with E-state index >= 15 is 0 Å². The van der Waals surface area contributed by atoms with Crippen LogP contribution in [0.3, 0.4) is 0 Å². The van der Waals surface area contributed by atoms with Crippen molar-refractivity contribution < 1.29 is 4.74 Å². The maximum absolute atomic E-state index is 5.93. The number of H-pyrrole nitrogens is 1. The van der Waals surface area contributed by atoms with Crippen LogP contribution >= 0.6 is 12.2 Å². The van der Waals surface area contributed by atoms with Crippen molar-refractivity contribution in [2.24, 2.45) is 0 Å². The van der Waals surface area contributed by atoms with Crippen LogP contribution in [0.25, 0.3) is 11.5 Å². The topological polar surface area (TPSA) is 55.7 Å². The van der Waals surface area contributed by atoms with Gasteiger partial charge in [-0.2, -0.15) is 5.10 Å². The molecule has 3 atom stereocenters. The summed E-state index contributed by atoms with van der Waals surface area (Å²) in [6, 6.07) is 6.11. The molecule has 19 heavy (non-hydrogen) atoms. The zero-order valence-electron chi connectivity index (χ0n) is 10.3. The molecule has 1 N–H and O–H groups in total. The molecule has 2 fully saturated rings. The minimum Gasteiger partial charge on any atom is -0.373 e. The van der Waals surface area contributed by atoms with Crippen LogP contribution in [-0.2, 0) is 4.74 Å². The Morgan fingerprint density at radius 2 is 2.32 bits per heavy atom. The largest absolute Gasteiger partial charge is 0.373 e. The van der Waals surface area contributed by atoms with Crippen LogP contribution in [0.4, 0.5) is 0 Å². The van der Waals surface area contributed by atoms with Crippen LogP contribution in [0.1, 0.15) is 25.3 Å². The quantitative estimate of drug-likeness (QED) is 0.855. The summed E-state index contributed by atoms with van der Waals surface area (Å²) in [5.41, 5.74) is 0.845. The molecule has 2 bridgehead atoms. The summed E-state index contributed by atoms with van der Waals surface area (Å²) in [5, 5.41) is 7.23. The molecule has 0 aliphatic carbocycles. The fraction of sp³-hybridized carbons (Fsp3) is 0.462. The van der Waals surface area contributed by atoms with E-state index in [-0.39, 0.29) is 6.10 Å². The van der Waals surface area contributed by atoms with Gasteiger partial charge in [-0.3, -0.25) is 14.6 Å². The molecule has 98 valence electrons. The number of aromatic nitrogens is 4. The van der Waals surface area contributed by atoms with Crippen molar-refractivity contribution in [3.63, 3.8) is 0 Å². The average Bonchev–Trinajstić information content (AvgIpc) is 3.14. The van der Waals surface area contributed by atoms with E-state index in [2.05, 4.69) is 19.7 Å². The Bertz CT molecular complexity index is 650. The van der Waals surface area contributed by atoms with Crippen LogP contribution in [0, 0.1) is 4.77 Å². The number of hydrogen-bond donors (Lipinski definition) is 1. The zero-order valence-corrected chi connectivity index (χ0v) is 11.1. The van der Waals surface area contributed by atoms with E-state index in [0.717, 1.165) is 24.4 Å². The van der Waals surface area contributed by atoms with Crippen LogP contribution in [-0.4, -0.2) is 32.0 Å². The number of ether oxygens (including phenoxy) is 1. The number of rotatable bonds is 2. The lowest BCUT2D eigenvalue weighted by Crippen LogP contribution is -2.22. The van der Waals surface area contributed by atoms with E-state index in [4.69, 9.17) is 17.0 Å². The summed E-state index contributed by atoms with van der Waals surface area (Å²) < 4.78 is 8.66. The first kappa shape index (κ1) is 11.3. The predicted octanol–water partition coefficient (Wildman–Crippen LogP) is 2.50. The van der Waals surface area contributed by atoms with Gasteiger partial charge in [0.25, 0.3) is 0 Å². The molecule has 2 aromatic heterocycles. The van der Waals surface area contributed by atoms with Crippen molar-refractivity contribution >= 4 is 12.2 Å². The van der Waals surface area contributed by atoms with Gasteiger partial charge in [0.2, 0.25) is 0 Å². The Kier molecular flexibility index (Phi) is 2.53. The highest BCUT2D eigenvalue weighted by atomic mass is 32.1. The molecule has 0 spiro atoms.